The van der Waals surface area contributed by atoms with E-state index in [1.807, 2.05) is 13.0 Å². The van der Waals surface area contributed by atoms with E-state index in [0.29, 0.717) is 18.8 Å². The summed E-state index contributed by atoms with van der Waals surface area (Å²) in [7, 11) is 0. The lowest BCUT2D eigenvalue weighted by atomic mass is 10.1. The summed E-state index contributed by atoms with van der Waals surface area (Å²) in [6.45, 7) is 4.04. The van der Waals surface area contributed by atoms with Gasteiger partial charge in [-0.15, -0.1) is 10.2 Å². The van der Waals surface area contributed by atoms with Crippen molar-refractivity contribution in [2.24, 2.45) is 0 Å². The first-order valence-corrected chi connectivity index (χ1v) is 5.78. The van der Waals surface area contributed by atoms with Gasteiger partial charge in [-0.3, -0.25) is 4.57 Å². The van der Waals surface area contributed by atoms with Gasteiger partial charge in [0, 0.05) is 12.4 Å². The van der Waals surface area contributed by atoms with E-state index in [1.54, 1.807) is 30.2 Å². The van der Waals surface area contributed by atoms with Gasteiger partial charge in [-0.1, -0.05) is 6.92 Å². The van der Waals surface area contributed by atoms with E-state index >= 15 is 0 Å². The number of hydrogen-bond donors (Lipinski definition) is 0. The van der Waals surface area contributed by atoms with Crippen LogP contribution in [0.4, 0.5) is 0 Å². The Kier molecular flexibility index (Phi) is 3.66. The normalized spacial score (nSPS) is 10.3. The van der Waals surface area contributed by atoms with Crippen LogP contribution in [0.2, 0.25) is 0 Å². The molecule has 6 heteroatoms. The summed E-state index contributed by atoms with van der Waals surface area (Å²) in [6.07, 6.45) is 5.75. The lowest BCUT2D eigenvalue weighted by molar-refractivity contribution is 0.0516. The van der Waals surface area contributed by atoms with Crippen LogP contribution in [0.1, 0.15) is 29.9 Å². The van der Waals surface area contributed by atoms with E-state index in [0.717, 1.165) is 5.56 Å². The van der Waals surface area contributed by atoms with Gasteiger partial charge in [0.1, 0.15) is 6.33 Å². The maximum Gasteiger partial charge on any atom is 0.359 e. The zero-order valence-corrected chi connectivity index (χ0v) is 10.3. The maximum absolute atomic E-state index is 11.7. The van der Waals surface area contributed by atoms with Crippen LogP contribution in [0.5, 0.6) is 0 Å². The Labute approximate surface area is 105 Å². The molecule has 0 aromatic carbocycles. The first-order chi connectivity index (χ1) is 8.76. The molecule has 0 aliphatic heterocycles. The monoisotopic (exact) mass is 246 g/mol. The molecular weight excluding hydrogens is 232 g/mol. The van der Waals surface area contributed by atoms with Crippen molar-refractivity contribution < 1.29 is 9.53 Å². The molecule has 0 aliphatic rings. The molecule has 2 heterocycles. The Morgan fingerprint density at radius 3 is 2.83 bits per heavy atom. The first-order valence-electron chi connectivity index (χ1n) is 5.78. The van der Waals surface area contributed by atoms with Crippen molar-refractivity contribution in [3.8, 4) is 5.82 Å². The number of ether oxygens (including phenoxy) is 1. The fraction of sp³-hybridized carbons (Fsp3) is 0.333. The summed E-state index contributed by atoms with van der Waals surface area (Å²) >= 11 is 0. The topological polar surface area (TPSA) is 69.9 Å². The number of nitrogens with zero attached hydrogens (tertiary/aromatic N) is 4. The molecule has 6 nitrogen and oxygen atoms in total. The van der Waals surface area contributed by atoms with Gasteiger partial charge in [0.05, 0.1) is 6.61 Å². The van der Waals surface area contributed by atoms with Crippen molar-refractivity contribution in [1.82, 2.24) is 19.7 Å². The Hall–Kier alpha value is -2.24. The van der Waals surface area contributed by atoms with Crippen LogP contribution < -0.4 is 0 Å². The zero-order chi connectivity index (χ0) is 13.0. The minimum absolute atomic E-state index is 0.281. The largest absolute Gasteiger partial charge is 0.461 e. The van der Waals surface area contributed by atoms with E-state index in [-0.39, 0.29) is 5.69 Å². The van der Waals surface area contributed by atoms with Crippen LogP contribution in [0.15, 0.2) is 24.8 Å². The van der Waals surface area contributed by atoms with Crippen molar-refractivity contribution in [3.63, 3.8) is 0 Å². The van der Waals surface area contributed by atoms with E-state index < -0.39 is 5.97 Å². The molecular formula is C12H14N4O2. The Morgan fingerprint density at radius 2 is 2.22 bits per heavy atom. The number of esters is 1. The number of carbonyl (C=O) groups excluding carboxylic acids is 1. The Bertz CT molecular complexity index is 537. The molecule has 0 bridgehead atoms. The summed E-state index contributed by atoms with van der Waals surface area (Å²) in [5.74, 6) is 0.205. The van der Waals surface area contributed by atoms with Gasteiger partial charge in [-0.05, 0) is 25.0 Å². The molecule has 0 saturated carbocycles. The van der Waals surface area contributed by atoms with Crippen molar-refractivity contribution >= 4 is 5.97 Å². The number of aryl methyl sites for hydroxylation is 1. The smallest absolute Gasteiger partial charge is 0.359 e. The molecule has 0 N–H and O–H groups in total. The number of aromatic nitrogens is 4. The number of carbonyl (C=O) groups is 1. The second-order valence-corrected chi connectivity index (χ2v) is 3.62. The quantitative estimate of drug-likeness (QED) is 0.763. The molecule has 0 aliphatic carbocycles. The first kappa shape index (κ1) is 12.2. The molecule has 94 valence electrons. The van der Waals surface area contributed by atoms with Crippen LogP contribution >= 0.6 is 0 Å². The highest BCUT2D eigenvalue weighted by Crippen LogP contribution is 2.12. The lowest BCUT2D eigenvalue weighted by Crippen LogP contribution is -2.13. The predicted molar refractivity (Wildman–Crippen MR) is 64.5 cm³/mol. The fourth-order valence-corrected chi connectivity index (χ4v) is 1.58. The van der Waals surface area contributed by atoms with Gasteiger partial charge in [0.25, 0.3) is 0 Å². The molecule has 0 radical (unpaired) electrons. The average Bonchev–Trinajstić information content (AvgIpc) is 2.92. The van der Waals surface area contributed by atoms with Gasteiger partial charge in [-0.25, -0.2) is 9.78 Å². The minimum atomic E-state index is -0.431. The Morgan fingerprint density at radius 1 is 1.39 bits per heavy atom. The van der Waals surface area contributed by atoms with Crippen LogP contribution in [0, 0.1) is 0 Å². The summed E-state index contributed by atoms with van der Waals surface area (Å²) in [6, 6.07) is 1.82. The fourth-order valence-electron chi connectivity index (χ4n) is 1.58. The third-order valence-electron chi connectivity index (χ3n) is 2.48. The lowest BCUT2D eigenvalue weighted by Gasteiger charge is -2.07. The van der Waals surface area contributed by atoms with E-state index in [9.17, 15) is 4.79 Å². The van der Waals surface area contributed by atoms with Crippen LogP contribution in [0.25, 0.3) is 5.82 Å². The highest BCUT2D eigenvalue weighted by Gasteiger charge is 2.15. The molecule has 18 heavy (non-hydrogen) atoms. The summed E-state index contributed by atoms with van der Waals surface area (Å²) in [4.78, 5) is 15.6. The van der Waals surface area contributed by atoms with Gasteiger partial charge in [-0.2, -0.15) is 0 Å². The summed E-state index contributed by atoms with van der Waals surface area (Å²) < 4.78 is 6.68. The molecule has 0 spiro atoms. The molecule has 2 aromatic rings. The molecule has 0 amide bonds. The average molecular weight is 246 g/mol. The summed E-state index contributed by atoms with van der Waals surface area (Å²) in [5.41, 5.74) is 1.09. The number of hydrogen-bond acceptors (Lipinski definition) is 5. The molecule has 0 atom stereocenters. The standard InChI is InChI=1S/C12H14N4O2/c1-3-9-7-10(16-6-5-13-8-16)14-15-11(9)12(17)18-4-2/h5-8H,3-4H2,1-2H3. The van der Waals surface area contributed by atoms with Crippen molar-refractivity contribution in [2.75, 3.05) is 6.61 Å². The van der Waals surface area contributed by atoms with Gasteiger partial charge < -0.3 is 4.74 Å². The van der Waals surface area contributed by atoms with Crippen LogP contribution in [-0.4, -0.2) is 32.3 Å². The third kappa shape index (κ3) is 2.37. The minimum Gasteiger partial charge on any atom is -0.461 e. The van der Waals surface area contributed by atoms with E-state index in [2.05, 4.69) is 15.2 Å². The SMILES string of the molecule is CCOC(=O)c1nnc(-n2ccnc2)cc1CC. The highest BCUT2D eigenvalue weighted by molar-refractivity contribution is 5.88. The number of imidazole rings is 1. The van der Waals surface area contributed by atoms with Crippen LogP contribution in [-0.2, 0) is 11.2 Å². The second-order valence-electron chi connectivity index (χ2n) is 3.62. The molecule has 2 rings (SSSR count). The summed E-state index contributed by atoms with van der Waals surface area (Å²) in [5, 5.41) is 7.96. The van der Waals surface area contributed by atoms with Crippen molar-refractivity contribution in [3.05, 3.63) is 36.0 Å². The zero-order valence-electron chi connectivity index (χ0n) is 10.3. The molecule has 0 saturated heterocycles. The number of rotatable bonds is 4. The third-order valence-corrected chi connectivity index (χ3v) is 2.48. The van der Waals surface area contributed by atoms with Crippen molar-refractivity contribution in [1.29, 1.82) is 0 Å². The molecule has 2 aromatic heterocycles. The van der Waals surface area contributed by atoms with E-state index in [4.69, 9.17) is 4.74 Å². The van der Waals surface area contributed by atoms with Gasteiger partial charge in [0.2, 0.25) is 0 Å². The maximum atomic E-state index is 11.7. The van der Waals surface area contributed by atoms with E-state index in [1.165, 1.54) is 0 Å². The van der Waals surface area contributed by atoms with Gasteiger partial charge in [0.15, 0.2) is 11.5 Å². The van der Waals surface area contributed by atoms with Crippen LogP contribution in [0.3, 0.4) is 0 Å². The Balaban J connectivity index is 2.37. The second kappa shape index (κ2) is 5.39. The predicted octanol–water partition coefficient (Wildman–Crippen LogP) is 1.40. The molecule has 0 fully saturated rings. The molecule has 0 unspecified atom stereocenters. The highest BCUT2D eigenvalue weighted by atomic mass is 16.5. The van der Waals surface area contributed by atoms with Crippen molar-refractivity contribution in [2.45, 2.75) is 20.3 Å². The van der Waals surface area contributed by atoms with Gasteiger partial charge >= 0.3 is 5.97 Å².